The molecule has 0 fully saturated rings. The normalized spacial score (nSPS) is 11.5. The fourth-order valence-corrected chi connectivity index (χ4v) is 4.13. The van der Waals surface area contributed by atoms with Crippen molar-refractivity contribution in [3.05, 3.63) is 113 Å². The van der Waals surface area contributed by atoms with E-state index >= 15 is 0 Å². The van der Waals surface area contributed by atoms with E-state index in [0.29, 0.717) is 11.3 Å². The highest BCUT2D eigenvalue weighted by Gasteiger charge is 2.18. The van der Waals surface area contributed by atoms with Crippen LogP contribution in [0.4, 0.5) is 5.69 Å². The number of aliphatic imine (C=N–C) groups is 1. The molecule has 0 saturated carbocycles. The Morgan fingerprint density at radius 3 is 2.15 bits per heavy atom. The molecule has 0 N–H and O–H groups in total. The van der Waals surface area contributed by atoms with E-state index in [1.54, 1.807) is 30.5 Å². The summed E-state index contributed by atoms with van der Waals surface area (Å²) in [5, 5.41) is 0.168. The summed E-state index contributed by atoms with van der Waals surface area (Å²) in [6, 6.07) is 28.0. The number of hydrogen-bond acceptors (Lipinski definition) is 5. The molecule has 4 aromatic rings. The Morgan fingerprint density at radius 2 is 1.48 bits per heavy atom. The van der Waals surface area contributed by atoms with Crippen LogP contribution >= 0.6 is 11.6 Å². The van der Waals surface area contributed by atoms with Gasteiger partial charge < -0.3 is 8.92 Å². The molecule has 0 bridgehead atoms. The van der Waals surface area contributed by atoms with Crippen LogP contribution in [-0.2, 0) is 10.1 Å². The maximum atomic E-state index is 12.5. The number of para-hydroxylation sites is 1. The van der Waals surface area contributed by atoms with Gasteiger partial charge in [-0.25, -0.2) is 0 Å². The Morgan fingerprint density at radius 1 is 0.818 bits per heavy atom. The minimum atomic E-state index is -3.98. The van der Waals surface area contributed by atoms with Gasteiger partial charge in [-0.3, -0.25) is 4.99 Å². The number of aryl methyl sites for hydroxylation is 1. The van der Waals surface area contributed by atoms with Gasteiger partial charge in [0.15, 0.2) is 5.75 Å². The van der Waals surface area contributed by atoms with E-state index < -0.39 is 10.1 Å². The van der Waals surface area contributed by atoms with Gasteiger partial charge in [-0.1, -0.05) is 47.5 Å². The molecule has 0 aliphatic heterocycles. The lowest BCUT2D eigenvalue weighted by atomic mass is 10.2. The molecule has 7 heteroatoms. The Bertz CT molecular complexity index is 1370. The minimum Gasteiger partial charge on any atom is -0.457 e. The van der Waals surface area contributed by atoms with E-state index in [1.807, 2.05) is 61.5 Å². The Balaban J connectivity index is 1.43. The maximum Gasteiger partial charge on any atom is 0.339 e. The number of nitrogens with zero attached hydrogens (tertiary/aromatic N) is 1. The van der Waals surface area contributed by atoms with Crippen molar-refractivity contribution >= 4 is 33.6 Å². The second-order valence-electron chi connectivity index (χ2n) is 7.21. The molecule has 0 aromatic heterocycles. The molecule has 0 aliphatic rings. The van der Waals surface area contributed by atoms with E-state index in [1.165, 1.54) is 18.2 Å². The second-order valence-corrected chi connectivity index (χ2v) is 9.16. The largest absolute Gasteiger partial charge is 0.457 e. The highest BCUT2D eigenvalue weighted by atomic mass is 35.5. The molecule has 0 atom stereocenters. The molecule has 0 radical (unpaired) electrons. The average molecular weight is 478 g/mol. The van der Waals surface area contributed by atoms with Crippen molar-refractivity contribution in [1.82, 2.24) is 0 Å². The van der Waals surface area contributed by atoms with Crippen LogP contribution in [0.3, 0.4) is 0 Å². The summed E-state index contributed by atoms with van der Waals surface area (Å²) in [7, 11) is -3.98. The summed E-state index contributed by atoms with van der Waals surface area (Å²) in [5.41, 5.74) is 2.38. The number of benzene rings is 4. The van der Waals surface area contributed by atoms with Crippen molar-refractivity contribution in [2.75, 3.05) is 0 Å². The molecule has 4 rings (SSSR count). The molecule has 33 heavy (non-hydrogen) atoms. The second kappa shape index (κ2) is 9.90. The summed E-state index contributed by atoms with van der Waals surface area (Å²) < 4.78 is 36.0. The molecule has 5 nitrogen and oxygen atoms in total. The first kappa shape index (κ1) is 22.6. The van der Waals surface area contributed by atoms with Gasteiger partial charge >= 0.3 is 10.1 Å². The lowest BCUT2D eigenvalue weighted by Crippen LogP contribution is -2.10. The summed E-state index contributed by atoms with van der Waals surface area (Å²) in [6.45, 7) is 1.88. The van der Waals surface area contributed by atoms with Gasteiger partial charge in [-0.2, -0.15) is 8.42 Å². The Labute approximate surface area is 198 Å². The quantitative estimate of drug-likeness (QED) is 0.213. The SMILES string of the molecule is Cc1ccc(S(=O)(=O)Oc2ccc(C=Nc3ccc(Oc4ccccc4)cc3)cc2Cl)cc1. The molecular weight excluding hydrogens is 458 g/mol. The van der Waals surface area contributed by atoms with Crippen LogP contribution in [0.2, 0.25) is 5.02 Å². The zero-order valence-corrected chi connectivity index (χ0v) is 19.3. The average Bonchev–Trinajstić information content (AvgIpc) is 2.81. The third-order valence-electron chi connectivity index (χ3n) is 4.64. The lowest BCUT2D eigenvalue weighted by molar-refractivity contribution is 0.482. The van der Waals surface area contributed by atoms with Crippen LogP contribution in [0.5, 0.6) is 17.2 Å². The molecule has 0 unspecified atom stereocenters. The number of rotatable bonds is 7. The highest BCUT2D eigenvalue weighted by molar-refractivity contribution is 7.87. The van der Waals surface area contributed by atoms with Crippen molar-refractivity contribution in [3.63, 3.8) is 0 Å². The van der Waals surface area contributed by atoms with Crippen LogP contribution in [0.15, 0.2) is 107 Å². The predicted molar refractivity (Wildman–Crippen MR) is 131 cm³/mol. The van der Waals surface area contributed by atoms with E-state index in [0.717, 1.165) is 17.0 Å². The third-order valence-corrected chi connectivity index (χ3v) is 6.19. The molecule has 4 aromatic carbocycles. The molecule has 0 heterocycles. The number of hydrogen-bond donors (Lipinski definition) is 0. The van der Waals surface area contributed by atoms with E-state index in [9.17, 15) is 8.42 Å². The van der Waals surface area contributed by atoms with E-state index in [-0.39, 0.29) is 15.7 Å². The molecule has 0 amide bonds. The summed E-state index contributed by atoms with van der Waals surface area (Å²) in [6.07, 6.45) is 1.64. The van der Waals surface area contributed by atoms with Crippen molar-refractivity contribution < 1.29 is 17.3 Å². The van der Waals surface area contributed by atoms with Gasteiger partial charge in [0.1, 0.15) is 16.4 Å². The molecule has 166 valence electrons. The zero-order chi connectivity index (χ0) is 23.3. The smallest absolute Gasteiger partial charge is 0.339 e. The lowest BCUT2D eigenvalue weighted by Gasteiger charge is -2.09. The molecule has 0 saturated heterocycles. The van der Waals surface area contributed by atoms with Crippen LogP contribution in [0.25, 0.3) is 0 Å². The number of ether oxygens (including phenoxy) is 1. The van der Waals surface area contributed by atoms with Crippen molar-refractivity contribution in [2.45, 2.75) is 11.8 Å². The van der Waals surface area contributed by atoms with E-state index in [4.69, 9.17) is 20.5 Å². The molecule has 0 spiro atoms. The summed E-state index contributed by atoms with van der Waals surface area (Å²) in [5.74, 6) is 1.52. The number of halogens is 1. The van der Waals surface area contributed by atoms with Crippen LogP contribution in [0.1, 0.15) is 11.1 Å². The van der Waals surface area contributed by atoms with Crippen molar-refractivity contribution in [3.8, 4) is 17.2 Å². The highest BCUT2D eigenvalue weighted by Crippen LogP contribution is 2.29. The van der Waals surface area contributed by atoms with Gasteiger partial charge in [-0.15, -0.1) is 0 Å². The van der Waals surface area contributed by atoms with E-state index in [2.05, 4.69) is 4.99 Å². The van der Waals surface area contributed by atoms with Gasteiger partial charge in [0.25, 0.3) is 0 Å². The van der Waals surface area contributed by atoms with Gasteiger partial charge in [-0.05, 0) is 79.2 Å². The first-order valence-electron chi connectivity index (χ1n) is 10.1. The minimum absolute atomic E-state index is 0.0526. The zero-order valence-electron chi connectivity index (χ0n) is 17.7. The summed E-state index contributed by atoms with van der Waals surface area (Å²) >= 11 is 6.26. The van der Waals surface area contributed by atoms with Gasteiger partial charge in [0.05, 0.1) is 10.7 Å². The third kappa shape index (κ3) is 6.00. The van der Waals surface area contributed by atoms with Gasteiger partial charge in [0, 0.05) is 6.21 Å². The fourth-order valence-electron chi connectivity index (χ4n) is 2.91. The molecule has 0 aliphatic carbocycles. The maximum absolute atomic E-state index is 12.5. The summed E-state index contributed by atoms with van der Waals surface area (Å²) in [4.78, 5) is 4.49. The van der Waals surface area contributed by atoms with Crippen LogP contribution in [-0.4, -0.2) is 14.6 Å². The Kier molecular flexibility index (Phi) is 6.77. The van der Waals surface area contributed by atoms with Crippen LogP contribution in [0, 0.1) is 6.92 Å². The predicted octanol–water partition coefficient (Wildman–Crippen LogP) is 6.96. The standard InChI is InChI=1S/C26H20ClNO4S/c1-19-7-14-24(15-8-19)33(29,30)32-26-16-9-20(17-25(26)27)18-28-21-10-12-23(13-11-21)31-22-5-3-2-4-6-22/h2-18H,1H3. The first-order chi connectivity index (χ1) is 15.9. The van der Waals surface area contributed by atoms with Crippen LogP contribution < -0.4 is 8.92 Å². The fraction of sp³-hybridized carbons (Fsp3) is 0.0385. The van der Waals surface area contributed by atoms with Gasteiger partial charge in [0.2, 0.25) is 0 Å². The topological polar surface area (TPSA) is 65.0 Å². The van der Waals surface area contributed by atoms with Crippen molar-refractivity contribution in [2.24, 2.45) is 4.99 Å². The van der Waals surface area contributed by atoms with Crippen molar-refractivity contribution in [1.29, 1.82) is 0 Å². The Hall–Kier alpha value is -3.61. The monoisotopic (exact) mass is 477 g/mol. The molecular formula is C26H20ClNO4S. The first-order valence-corrected chi connectivity index (χ1v) is 11.9.